The summed E-state index contributed by atoms with van der Waals surface area (Å²) in [4.78, 5) is 2.66. The first-order valence-electron chi connectivity index (χ1n) is 7.68. The topological polar surface area (TPSA) is 3.24 Å². The molecule has 100 valence electrons. The van der Waals surface area contributed by atoms with Crippen LogP contribution in [0, 0.1) is 5.92 Å². The zero-order valence-corrected chi connectivity index (χ0v) is 12.0. The molecule has 0 saturated carbocycles. The average molecular weight is 237 g/mol. The van der Waals surface area contributed by atoms with Crippen LogP contribution in [0.2, 0.25) is 0 Å². The first kappa shape index (κ1) is 14.8. The molecule has 1 nitrogen and oxygen atoms in total. The zero-order valence-electron chi connectivity index (χ0n) is 12.0. The molecule has 0 aromatic carbocycles. The number of unbranched alkanes of at least 4 members (excludes halogenated alkanes) is 1. The third kappa shape index (κ3) is 5.25. The summed E-state index contributed by atoms with van der Waals surface area (Å²) < 4.78 is 0. The van der Waals surface area contributed by atoms with E-state index >= 15 is 0 Å². The van der Waals surface area contributed by atoms with E-state index in [0.29, 0.717) is 6.04 Å². The number of rotatable bonds is 8. The van der Waals surface area contributed by atoms with Crippen molar-refractivity contribution in [2.24, 2.45) is 5.92 Å². The second-order valence-electron chi connectivity index (χ2n) is 5.55. The van der Waals surface area contributed by atoms with Gasteiger partial charge in [-0.2, -0.15) is 0 Å². The minimum absolute atomic E-state index is 0.636. The van der Waals surface area contributed by atoms with Gasteiger partial charge in [0.2, 0.25) is 0 Å². The number of nitrogens with zero attached hydrogens (tertiary/aromatic N) is 1. The standard InChI is InChI=1S/C16H31N/c1-4-7-11-15(5-2)14-16(6-3)17-12-9-8-10-13-17/h6,15-16H,3-5,7-14H2,1-2H3. The molecule has 2 unspecified atom stereocenters. The van der Waals surface area contributed by atoms with Crippen LogP contribution in [0.3, 0.4) is 0 Å². The predicted octanol–water partition coefficient (Wildman–Crippen LogP) is 4.63. The summed E-state index contributed by atoms with van der Waals surface area (Å²) in [5, 5.41) is 0. The fourth-order valence-corrected chi connectivity index (χ4v) is 2.97. The molecule has 0 aromatic rings. The van der Waals surface area contributed by atoms with E-state index < -0.39 is 0 Å². The third-order valence-corrected chi connectivity index (χ3v) is 4.25. The van der Waals surface area contributed by atoms with Gasteiger partial charge < -0.3 is 0 Å². The molecule has 1 heteroatoms. The van der Waals surface area contributed by atoms with Crippen LogP contribution < -0.4 is 0 Å². The fraction of sp³-hybridized carbons (Fsp3) is 0.875. The van der Waals surface area contributed by atoms with E-state index in [0.717, 1.165) is 5.92 Å². The van der Waals surface area contributed by atoms with Crippen molar-refractivity contribution >= 4 is 0 Å². The summed E-state index contributed by atoms with van der Waals surface area (Å²) in [6.45, 7) is 11.3. The molecule has 1 heterocycles. The molecule has 1 aliphatic rings. The second-order valence-corrected chi connectivity index (χ2v) is 5.55. The Morgan fingerprint density at radius 3 is 2.41 bits per heavy atom. The number of likely N-dealkylation sites (tertiary alicyclic amines) is 1. The summed E-state index contributed by atoms with van der Waals surface area (Å²) in [6, 6.07) is 0.636. The van der Waals surface area contributed by atoms with E-state index in [9.17, 15) is 0 Å². The van der Waals surface area contributed by atoms with Gasteiger partial charge in [0.15, 0.2) is 0 Å². The van der Waals surface area contributed by atoms with Gasteiger partial charge in [-0.1, -0.05) is 52.0 Å². The Bertz CT molecular complexity index is 194. The highest BCUT2D eigenvalue weighted by Gasteiger charge is 2.20. The Hall–Kier alpha value is -0.300. The summed E-state index contributed by atoms with van der Waals surface area (Å²) >= 11 is 0. The minimum atomic E-state index is 0.636. The van der Waals surface area contributed by atoms with E-state index in [1.807, 2.05) is 0 Å². The van der Waals surface area contributed by atoms with Gasteiger partial charge in [-0.3, -0.25) is 4.90 Å². The van der Waals surface area contributed by atoms with Gasteiger partial charge in [-0.05, 0) is 38.3 Å². The van der Waals surface area contributed by atoms with Crippen LogP contribution in [0.4, 0.5) is 0 Å². The number of hydrogen-bond donors (Lipinski definition) is 0. The lowest BCUT2D eigenvalue weighted by Crippen LogP contribution is -2.39. The lowest BCUT2D eigenvalue weighted by atomic mass is 9.91. The Kier molecular flexibility index (Phi) is 7.59. The second kappa shape index (κ2) is 8.74. The molecule has 0 N–H and O–H groups in total. The van der Waals surface area contributed by atoms with Crippen molar-refractivity contribution in [1.29, 1.82) is 0 Å². The van der Waals surface area contributed by atoms with Gasteiger partial charge in [-0.25, -0.2) is 0 Å². The molecule has 1 rings (SSSR count). The van der Waals surface area contributed by atoms with Crippen LogP contribution >= 0.6 is 0 Å². The van der Waals surface area contributed by atoms with Gasteiger partial charge in [0, 0.05) is 6.04 Å². The molecule has 0 radical (unpaired) electrons. The van der Waals surface area contributed by atoms with Gasteiger partial charge in [0.1, 0.15) is 0 Å². The minimum Gasteiger partial charge on any atom is -0.297 e. The predicted molar refractivity (Wildman–Crippen MR) is 77.3 cm³/mol. The molecule has 0 spiro atoms. The Morgan fingerprint density at radius 1 is 1.18 bits per heavy atom. The van der Waals surface area contributed by atoms with Crippen molar-refractivity contribution in [2.45, 2.75) is 71.3 Å². The average Bonchev–Trinajstić information content (AvgIpc) is 2.40. The van der Waals surface area contributed by atoms with Gasteiger partial charge in [-0.15, -0.1) is 6.58 Å². The largest absolute Gasteiger partial charge is 0.297 e. The maximum absolute atomic E-state index is 4.06. The normalized spacial score (nSPS) is 21.1. The lowest BCUT2D eigenvalue weighted by molar-refractivity contribution is 0.165. The Balaban J connectivity index is 2.39. The van der Waals surface area contributed by atoms with Crippen LogP contribution in [0.15, 0.2) is 12.7 Å². The van der Waals surface area contributed by atoms with E-state index in [4.69, 9.17) is 0 Å². The zero-order chi connectivity index (χ0) is 12.5. The lowest BCUT2D eigenvalue weighted by Gasteiger charge is -2.34. The van der Waals surface area contributed by atoms with Crippen LogP contribution in [0.25, 0.3) is 0 Å². The summed E-state index contributed by atoms with van der Waals surface area (Å²) in [6.07, 6.45) is 13.2. The molecule has 1 saturated heterocycles. The van der Waals surface area contributed by atoms with Gasteiger partial charge in [0.25, 0.3) is 0 Å². The maximum Gasteiger partial charge on any atom is 0.0278 e. The van der Waals surface area contributed by atoms with E-state index in [-0.39, 0.29) is 0 Å². The highest BCUT2D eigenvalue weighted by Crippen LogP contribution is 2.23. The van der Waals surface area contributed by atoms with Gasteiger partial charge >= 0.3 is 0 Å². The smallest absolute Gasteiger partial charge is 0.0278 e. The SMILES string of the molecule is C=CC(CC(CC)CCCC)N1CCCCC1. The first-order valence-corrected chi connectivity index (χ1v) is 7.68. The highest BCUT2D eigenvalue weighted by molar-refractivity contribution is 4.90. The van der Waals surface area contributed by atoms with Crippen molar-refractivity contribution in [3.05, 3.63) is 12.7 Å². The molecule has 0 aromatic heterocycles. The van der Waals surface area contributed by atoms with E-state index in [1.54, 1.807) is 0 Å². The molecule has 1 fully saturated rings. The fourth-order valence-electron chi connectivity index (χ4n) is 2.97. The van der Waals surface area contributed by atoms with Crippen molar-refractivity contribution in [3.63, 3.8) is 0 Å². The van der Waals surface area contributed by atoms with Crippen molar-refractivity contribution in [3.8, 4) is 0 Å². The number of piperidine rings is 1. The molecular formula is C16H31N. The number of hydrogen-bond acceptors (Lipinski definition) is 1. The third-order valence-electron chi connectivity index (χ3n) is 4.25. The van der Waals surface area contributed by atoms with Crippen LogP contribution in [-0.4, -0.2) is 24.0 Å². The molecule has 17 heavy (non-hydrogen) atoms. The van der Waals surface area contributed by atoms with Crippen LogP contribution in [-0.2, 0) is 0 Å². The van der Waals surface area contributed by atoms with E-state index in [2.05, 4.69) is 31.4 Å². The Morgan fingerprint density at radius 2 is 1.88 bits per heavy atom. The molecular weight excluding hydrogens is 206 g/mol. The first-order chi connectivity index (χ1) is 8.31. The Labute approximate surface area is 108 Å². The van der Waals surface area contributed by atoms with Crippen LogP contribution in [0.1, 0.15) is 65.2 Å². The van der Waals surface area contributed by atoms with Crippen molar-refractivity contribution in [2.75, 3.05) is 13.1 Å². The molecule has 0 bridgehead atoms. The van der Waals surface area contributed by atoms with Gasteiger partial charge in [0.05, 0.1) is 0 Å². The molecule has 0 aliphatic carbocycles. The summed E-state index contributed by atoms with van der Waals surface area (Å²) in [5.41, 5.74) is 0. The van der Waals surface area contributed by atoms with Crippen LogP contribution in [0.5, 0.6) is 0 Å². The molecule has 1 aliphatic heterocycles. The summed E-state index contributed by atoms with van der Waals surface area (Å²) in [7, 11) is 0. The molecule has 2 atom stereocenters. The summed E-state index contributed by atoms with van der Waals surface area (Å²) in [5.74, 6) is 0.903. The monoisotopic (exact) mass is 237 g/mol. The molecule has 0 amide bonds. The highest BCUT2D eigenvalue weighted by atomic mass is 15.2. The van der Waals surface area contributed by atoms with Crippen molar-refractivity contribution < 1.29 is 0 Å². The maximum atomic E-state index is 4.06. The quantitative estimate of drug-likeness (QED) is 0.556. The van der Waals surface area contributed by atoms with E-state index in [1.165, 1.54) is 64.5 Å². The van der Waals surface area contributed by atoms with Crippen molar-refractivity contribution in [1.82, 2.24) is 4.90 Å².